The van der Waals surface area contributed by atoms with Crippen molar-refractivity contribution in [2.24, 2.45) is 0 Å². The molecule has 3 aliphatic heterocycles. The topological polar surface area (TPSA) is 140 Å². The maximum Gasteiger partial charge on any atom is 0.255 e. The number of piperazine rings is 1. The van der Waals surface area contributed by atoms with Gasteiger partial charge in [-0.25, -0.2) is 9.97 Å². The zero-order valence-corrected chi connectivity index (χ0v) is 38.5. The molecule has 0 saturated carbocycles. The summed E-state index contributed by atoms with van der Waals surface area (Å²) < 4.78 is 0. The van der Waals surface area contributed by atoms with Gasteiger partial charge in [-0.3, -0.25) is 29.8 Å². The number of carbonyl (C=O) groups is 4. The lowest BCUT2D eigenvalue weighted by molar-refractivity contribution is -0.121. The zero-order valence-electron chi connectivity index (χ0n) is 36.8. The van der Waals surface area contributed by atoms with E-state index in [1.165, 1.54) is 28.4 Å². The Morgan fingerprint density at radius 2 is 1.01 bits per heavy atom. The lowest BCUT2D eigenvalue weighted by Crippen LogP contribution is -2.43. The number of thiazole rings is 2. The van der Waals surface area contributed by atoms with Crippen LogP contribution in [-0.4, -0.2) is 69.6 Å². The van der Waals surface area contributed by atoms with E-state index in [9.17, 15) is 19.2 Å². The molecule has 11 rings (SSSR count). The lowest BCUT2D eigenvalue weighted by atomic mass is 10.00. The van der Waals surface area contributed by atoms with E-state index in [4.69, 9.17) is 0 Å². The monoisotopic (exact) mass is 934 g/mol. The molecule has 1 fully saturated rings. The van der Waals surface area contributed by atoms with Crippen LogP contribution in [0.15, 0.2) is 175 Å². The fourth-order valence-electron chi connectivity index (χ4n) is 9.00. The number of amides is 4. The minimum atomic E-state index is -0.758. The molecule has 0 spiro atoms. The molecule has 68 heavy (non-hydrogen) atoms. The zero-order chi connectivity index (χ0) is 46.4. The van der Waals surface area contributed by atoms with Crippen molar-refractivity contribution in [3.05, 3.63) is 208 Å². The van der Waals surface area contributed by atoms with Crippen LogP contribution in [0.4, 0.5) is 16.0 Å². The van der Waals surface area contributed by atoms with Crippen LogP contribution in [-0.2, 0) is 22.7 Å². The van der Waals surface area contributed by atoms with Crippen LogP contribution in [0.2, 0.25) is 0 Å². The Balaban J connectivity index is 0.000000161. The normalized spacial score (nSPS) is 14.9. The van der Waals surface area contributed by atoms with Crippen molar-refractivity contribution in [1.29, 1.82) is 0 Å². The number of nitrogens with one attached hydrogen (secondary N) is 3. The number of fused-ring (bicyclic) bond motifs is 2. The SMILES string of the molecule is O=C(Nc1nccs1)C(c1ccccc1)N1Cc2cc(-c3ccccc3)ccc2C1=O.O=C(Nc1nccs1)C(c1ccccc1)N1Cc2ccc(-c3ccc(N4CCNCC4)cc3)cc2C1=O. The quantitative estimate of drug-likeness (QED) is 0.117. The summed E-state index contributed by atoms with van der Waals surface area (Å²) in [5, 5.41) is 13.8. The van der Waals surface area contributed by atoms with Gasteiger partial charge >= 0.3 is 0 Å². The molecule has 3 N–H and O–H groups in total. The summed E-state index contributed by atoms with van der Waals surface area (Å²) >= 11 is 2.70. The van der Waals surface area contributed by atoms with E-state index >= 15 is 0 Å². The summed E-state index contributed by atoms with van der Waals surface area (Å²) in [6.07, 6.45) is 3.28. The fraction of sp³-hybridized carbons (Fsp3) is 0.148. The molecule has 0 radical (unpaired) electrons. The predicted octanol–water partition coefficient (Wildman–Crippen LogP) is 9.70. The highest BCUT2D eigenvalue weighted by molar-refractivity contribution is 7.14. The molecule has 2 aromatic heterocycles. The molecular formula is C54H46N8O4S2. The van der Waals surface area contributed by atoms with Crippen LogP contribution in [0.1, 0.15) is 55.1 Å². The molecule has 0 bridgehead atoms. The van der Waals surface area contributed by atoms with Gasteiger partial charge in [-0.2, -0.15) is 0 Å². The predicted molar refractivity (Wildman–Crippen MR) is 268 cm³/mol. The number of benzene rings is 6. The third-order valence-corrected chi connectivity index (χ3v) is 13.7. The Hall–Kier alpha value is -7.78. The Morgan fingerprint density at radius 3 is 1.57 bits per heavy atom. The van der Waals surface area contributed by atoms with Crippen LogP contribution in [0.25, 0.3) is 22.3 Å². The maximum absolute atomic E-state index is 13.7. The molecule has 3 aliphatic rings. The lowest BCUT2D eigenvalue weighted by Gasteiger charge is -2.29. The first-order chi connectivity index (χ1) is 33.4. The Bertz CT molecular complexity index is 3040. The second kappa shape index (κ2) is 20.0. The highest BCUT2D eigenvalue weighted by Gasteiger charge is 2.39. The number of hydrogen-bond donors (Lipinski definition) is 3. The molecule has 5 heterocycles. The summed E-state index contributed by atoms with van der Waals surface area (Å²) in [6.45, 7) is 4.75. The minimum absolute atomic E-state index is 0.141. The van der Waals surface area contributed by atoms with Gasteiger partial charge in [-0.05, 0) is 74.8 Å². The van der Waals surface area contributed by atoms with Gasteiger partial charge in [0.2, 0.25) is 0 Å². The van der Waals surface area contributed by atoms with Gasteiger partial charge < -0.3 is 20.0 Å². The van der Waals surface area contributed by atoms with Crippen molar-refractivity contribution in [1.82, 2.24) is 25.1 Å². The molecule has 4 amide bonds. The molecular weight excluding hydrogens is 889 g/mol. The third-order valence-electron chi connectivity index (χ3n) is 12.3. The summed E-state index contributed by atoms with van der Waals surface area (Å²) in [5.74, 6) is -0.827. The van der Waals surface area contributed by atoms with Gasteiger partial charge in [0, 0.05) is 79.2 Å². The van der Waals surface area contributed by atoms with E-state index < -0.39 is 12.1 Å². The highest BCUT2D eigenvalue weighted by atomic mass is 32.1. The van der Waals surface area contributed by atoms with Gasteiger partial charge in [0.25, 0.3) is 23.6 Å². The number of carbonyl (C=O) groups excluding carboxylic acids is 4. The summed E-state index contributed by atoms with van der Waals surface area (Å²) in [5.41, 5.74) is 10.1. The van der Waals surface area contributed by atoms with Gasteiger partial charge in [0.15, 0.2) is 10.3 Å². The highest BCUT2D eigenvalue weighted by Crippen LogP contribution is 2.37. The summed E-state index contributed by atoms with van der Waals surface area (Å²) in [4.78, 5) is 67.6. The first-order valence-corrected chi connectivity index (χ1v) is 24.1. The van der Waals surface area contributed by atoms with Crippen LogP contribution in [0.3, 0.4) is 0 Å². The van der Waals surface area contributed by atoms with E-state index in [0.717, 1.165) is 70.7 Å². The van der Waals surface area contributed by atoms with Gasteiger partial charge in [0.05, 0.1) is 0 Å². The van der Waals surface area contributed by atoms with Gasteiger partial charge in [-0.1, -0.05) is 121 Å². The van der Waals surface area contributed by atoms with Crippen molar-refractivity contribution in [2.75, 3.05) is 41.7 Å². The second-order valence-corrected chi connectivity index (χ2v) is 18.3. The number of hydrogen-bond acceptors (Lipinski definition) is 10. The van der Waals surface area contributed by atoms with E-state index in [1.54, 1.807) is 27.6 Å². The third kappa shape index (κ3) is 9.42. The molecule has 14 heteroatoms. The van der Waals surface area contributed by atoms with Gasteiger partial charge in [-0.15, -0.1) is 22.7 Å². The van der Waals surface area contributed by atoms with Crippen molar-refractivity contribution < 1.29 is 19.2 Å². The molecule has 2 atom stereocenters. The largest absolute Gasteiger partial charge is 0.369 e. The average Bonchev–Trinajstić information content (AvgIpc) is 4.22. The molecule has 2 unspecified atom stereocenters. The second-order valence-electron chi connectivity index (χ2n) is 16.5. The van der Waals surface area contributed by atoms with Crippen LogP contribution in [0.5, 0.6) is 0 Å². The first kappa shape index (κ1) is 44.1. The molecule has 1 saturated heterocycles. The number of anilines is 3. The van der Waals surface area contributed by atoms with Crippen LogP contribution >= 0.6 is 22.7 Å². The van der Waals surface area contributed by atoms with Crippen molar-refractivity contribution in [2.45, 2.75) is 25.2 Å². The Labute approximate surface area is 401 Å². The molecule has 8 aromatic rings. The Kier molecular flexibility index (Phi) is 13.0. The van der Waals surface area contributed by atoms with E-state index in [0.29, 0.717) is 34.5 Å². The first-order valence-electron chi connectivity index (χ1n) is 22.4. The smallest absolute Gasteiger partial charge is 0.255 e. The minimum Gasteiger partial charge on any atom is -0.369 e. The van der Waals surface area contributed by atoms with E-state index in [1.807, 2.05) is 127 Å². The average molecular weight is 935 g/mol. The standard InChI is InChI=1S/C29H27N5O2S.C25H19N3O2S/c35-27(32-29-31-14-17-37-29)26(21-4-2-1-3-5-21)34-19-23-7-6-22(18-25(23)28(34)36)20-8-10-24(11-9-20)33-15-12-30-13-16-33;29-23(27-25-26-13-14-31-25)22(18-9-5-2-6-10-18)28-16-20-15-19(11-12-21(20)24(28)30)17-7-3-1-4-8-17/h1-11,14,17-18,26,30H,12-13,15-16,19H2,(H,31,32,35);1-15,22H,16H2,(H,26,27,29). The van der Waals surface area contributed by atoms with Crippen molar-refractivity contribution in [3.63, 3.8) is 0 Å². The molecule has 12 nitrogen and oxygen atoms in total. The molecule has 338 valence electrons. The molecule has 0 aliphatic carbocycles. The van der Waals surface area contributed by atoms with Crippen molar-refractivity contribution in [3.8, 4) is 22.3 Å². The van der Waals surface area contributed by atoms with Crippen LogP contribution < -0.4 is 20.9 Å². The number of nitrogens with zero attached hydrogens (tertiary/aromatic N) is 5. The fourth-order valence-corrected chi connectivity index (χ4v) is 10.1. The molecule has 6 aromatic carbocycles. The summed E-state index contributed by atoms with van der Waals surface area (Å²) in [7, 11) is 0. The number of rotatable bonds is 11. The van der Waals surface area contributed by atoms with Crippen molar-refractivity contribution >= 4 is 62.3 Å². The van der Waals surface area contributed by atoms with E-state index in [-0.39, 0.29) is 23.6 Å². The Morgan fingerprint density at radius 1 is 0.529 bits per heavy atom. The van der Waals surface area contributed by atoms with Gasteiger partial charge in [0.1, 0.15) is 12.1 Å². The number of aromatic nitrogens is 2. The summed E-state index contributed by atoms with van der Waals surface area (Å²) in [6, 6.07) is 47.8. The van der Waals surface area contributed by atoms with E-state index in [2.05, 4.69) is 61.2 Å². The van der Waals surface area contributed by atoms with Crippen LogP contribution in [0, 0.1) is 0 Å². The maximum atomic E-state index is 13.7.